The Labute approximate surface area is 183 Å². The Kier molecular flexibility index (Phi) is 20.5. The zero-order valence-electron chi connectivity index (χ0n) is 19.7. The van der Waals surface area contributed by atoms with E-state index in [0.717, 1.165) is 25.9 Å². The summed E-state index contributed by atoms with van der Waals surface area (Å²) in [4.78, 5) is 23.1. The number of carbonyl (C=O) groups is 2. The molecule has 0 saturated heterocycles. The number of rotatable bonds is 22. The van der Waals surface area contributed by atoms with E-state index < -0.39 is 0 Å². The average Bonchev–Trinajstić information content (AvgIpc) is 2.70. The van der Waals surface area contributed by atoms with Crippen LogP contribution in [-0.4, -0.2) is 70.6 Å². The number of ketones is 1. The van der Waals surface area contributed by atoms with E-state index in [1.807, 2.05) is 13.8 Å². The lowest BCUT2D eigenvalue weighted by Gasteiger charge is -2.08. The fraction of sp³-hybridized carbons (Fsp3) is 0.913. The molecule has 0 bridgehead atoms. The second-order valence-corrected chi connectivity index (χ2v) is 8.04. The topological polar surface area (TPSA) is 83.1 Å². The van der Waals surface area contributed by atoms with Crippen molar-refractivity contribution in [1.29, 1.82) is 0 Å². The van der Waals surface area contributed by atoms with Crippen LogP contribution in [0.3, 0.4) is 0 Å². The monoisotopic (exact) mass is 431 g/mol. The molecular weight excluding hydrogens is 386 g/mol. The van der Waals surface area contributed by atoms with Crippen LogP contribution in [0.1, 0.15) is 72.6 Å². The van der Waals surface area contributed by atoms with Gasteiger partial charge in [0.2, 0.25) is 5.91 Å². The van der Waals surface area contributed by atoms with Gasteiger partial charge in [0.15, 0.2) is 5.78 Å². The highest BCUT2D eigenvalue weighted by Crippen LogP contribution is 2.07. The first-order valence-electron chi connectivity index (χ1n) is 11.6. The summed E-state index contributed by atoms with van der Waals surface area (Å²) >= 11 is 0. The third kappa shape index (κ3) is 21.7. The molecule has 0 aliphatic heterocycles. The van der Waals surface area contributed by atoms with Crippen LogP contribution in [0.2, 0.25) is 0 Å². The van der Waals surface area contributed by atoms with Gasteiger partial charge < -0.3 is 24.3 Å². The van der Waals surface area contributed by atoms with Gasteiger partial charge in [0, 0.05) is 25.5 Å². The maximum absolute atomic E-state index is 11.8. The lowest BCUT2D eigenvalue weighted by atomic mass is 10.1. The van der Waals surface area contributed by atoms with Crippen LogP contribution in [-0.2, 0) is 28.5 Å². The van der Waals surface area contributed by atoms with Gasteiger partial charge in [-0.2, -0.15) is 0 Å². The predicted octanol–water partition coefficient (Wildman–Crippen LogP) is 3.53. The predicted molar refractivity (Wildman–Crippen MR) is 119 cm³/mol. The Balaban J connectivity index is 3.22. The van der Waals surface area contributed by atoms with Gasteiger partial charge in [0.25, 0.3) is 0 Å². The van der Waals surface area contributed by atoms with Crippen LogP contribution in [0.5, 0.6) is 0 Å². The normalized spacial score (nSPS) is 11.4. The molecule has 0 radical (unpaired) electrons. The van der Waals surface area contributed by atoms with Gasteiger partial charge in [0.05, 0.1) is 39.1 Å². The van der Waals surface area contributed by atoms with E-state index in [9.17, 15) is 9.59 Å². The highest BCUT2D eigenvalue weighted by molar-refractivity contribution is 5.81. The van der Waals surface area contributed by atoms with E-state index in [1.54, 1.807) is 0 Å². The van der Waals surface area contributed by atoms with Crippen molar-refractivity contribution in [3.8, 4) is 0 Å². The summed E-state index contributed by atoms with van der Waals surface area (Å²) in [6.45, 7) is 11.6. The molecule has 0 unspecified atom stereocenters. The van der Waals surface area contributed by atoms with Crippen molar-refractivity contribution in [3.05, 3.63) is 0 Å². The second-order valence-electron chi connectivity index (χ2n) is 8.04. The number of hydrogen-bond donors (Lipinski definition) is 1. The van der Waals surface area contributed by atoms with Crippen LogP contribution < -0.4 is 5.32 Å². The molecule has 0 aliphatic carbocycles. The van der Waals surface area contributed by atoms with Gasteiger partial charge in [0.1, 0.15) is 6.61 Å². The van der Waals surface area contributed by atoms with Crippen LogP contribution >= 0.6 is 0 Å². The van der Waals surface area contributed by atoms with E-state index in [-0.39, 0.29) is 24.2 Å². The molecule has 7 nitrogen and oxygen atoms in total. The van der Waals surface area contributed by atoms with Crippen LogP contribution in [0, 0.1) is 5.92 Å². The maximum atomic E-state index is 11.8. The van der Waals surface area contributed by atoms with Crippen molar-refractivity contribution in [2.45, 2.75) is 78.7 Å². The van der Waals surface area contributed by atoms with Gasteiger partial charge >= 0.3 is 0 Å². The molecule has 0 aromatic rings. The minimum absolute atomic E-state index is 0.00462. The molecule has 0 saturated carbocycles. The summed E-state index contributed by atoms with van der Waals surface area (Å²) in [6, 6.07) is 0. The molecule has 0 rings (SSSR count). The Morgan fingerprint density at radius 1 is 0.700 bits per heavy atom. The van der Waals surface area contributed by atoms with E-state index >= 15 is 0 Å². The zero-order chi connectivity index (χ0) is 22.5. The van der Waals surface area contributed by atoms with Gasteiger partial charge in [-0.25, -0.2) is 0 Å². The summed E-state index contributed by atoms with van der Waals surface area (Å²) in [5.41, 5.74) is 0. The Morgan fingerprint density at radius 3 is 1.90 bits per heavy atom. The van der Waals surface area contributed by atoms with Crippen molar-refractivity contribution >= 4 is 11.7 Å². The fourth-order valence-corrected chi connectivity index (χ4v) is 2.54. The molecule has 0 aromatic carbocycles. The minimum Gasteiger partial charge on any atom is -0.379 e. The first kappa shape index (κ1) is 29.0. The molecule has 0 heterocycles. The third-order valence-electron chi connectivity index (χ3n) is 4.45. The number of amides is 1. The fourth-order valence-electron chi connectivity index (χ4n) is 2.54. The number of ether oxygens (including phenoxy) is 4. The largest absolute Gasteiger partial charge is 0.379 e. The second kappa shape index (κ2) is 21.2. The Bertz CT molecular complexity index is 414. The van der Waals surface area contributed by atoms with E-state index in [0.29, 0.717) is 52.1 Å². The third-order valence-corrected chi connectivity index (χ3v) is 4.45. The maximum Gasteiger partial charge on any atom is 0.220 e. The van der Waals surface area contributed by atoms with E-state index in [2.05, 4.69) is 19.2 Å². The van der Waals surface area contributed by atoms with Crippen molar-refractivity contribution in [1.82, 2.24) is 5.32 Å². The van der Waals surface area contributed by atoms with E-state index in [1.165, 1.54) is 19.3 Å². The zero-order valence-corrected chi connectivity index (χ0v) is 19.7. The lowest BCUT2D eigenvalue weighted by molar-refractivity contribution is -0.127. The SMILES string of the molecule is CC(C)OCCCCCCCCC(=O)NCCOCCOCCOCC(=O)C(C)C. The summed E-state index contributed by atoms with van der Waals surface area (Å²) < 4.78 is 21.5. The molecule has 0 spiro atoms. The summed E-state index contributed by atoms with van der Waals surface area (Å²) in [7, 11) is 0. The smallest absolute Gasteiger partial charge is 0.220 e. The molecule has 1 N–H and O–H groups in total. The minimum atomic E-state index is 0.00462. The van der Waals surface area contributed by atoms with Crippen LogP contribution in [0.25, 0.3) is 0 Å². The quantitative estimate of drug-likeness (QED) is 0.264. The molecule has 7 heteroatoms. The summed E-state index contributed by atoms with van der Waals surface area (Å²) in [5.74, 6) is 0.196. The van der Waals surface area contributed by atoms with E-state index in [4.69, 9.17) is 18.9 Å². The molecule has 0 atom stereocenters. The molecule has 1 amide bonds. The van der Waals surface area contributed by atoms with Gasteiger partial charge in [-0.3, -0.25) is 9.59 Å². The van der Waals surface area contributed by atoms with Crippen molar-refractivity contribution < 1.29 is 28.5 Å². The molecule has 0 aliphatic rings. The lowest BCUT2D eigenvalue weighted by Crippen LogP contribution is -2.27. The number of unbranched alkanes of at least 4 members (excludes halogenated alkanes) is 5. The summed E-state index contributed by atoms with van der Waals surface area (Å²) in [5, 5.41) is 2.88. The molecule has 0 aromatic heterocycles. The first-order valence-corrected chi connectivity index (χ1v) is 11.6. The standard InChI is InChI=1S/C23H45NO6/c1-20(2)22(25)19-29-18-17-28-16-15-27-14-12-24-23(26)11-9-7-5-6-8-10-13-30-21(3)4/h20-21H,5-19H2,1-4H3,(H,24,26). The molecule has 30 heavy (non-hydrogen) atoms. The molecular formula is C23H45NO6. The Hall–Kier alpha value is -1.02. The van der Waals surface area contributed by atoms with Crippen molar-refractivity contribution in [2.24, 2.45) is 5.92 Å². The highest BCUT2D eigenvalue weighted by atomic mass is 16.5. The number of carbonyl (C=O) groups excluding carboxylic acids is 2. The highest BCUT2D eigenvalue weighted by Gasteiger charge is 2.06. The van der Waals surface area contributed by atoms with Crippen molar-refractivity contribution in [2.75, 3.05) is 52.8 Å². The van der Waals surface area contributed by atoms with Gasteiger partial charge in [-0.15, -0.1) is 0 Å². The molecule has 0 fully saturated rings. The number of nitrogens with one attached hydrogen (secondary N) is 1. The van der Waals surface area contributed by atoms with Crippen LogP contribution in [0.4, 0.5) is 0 Å². The first-order chi connectivity index (χ1) is 14.4. The number of Topliss-reactive ketones (excluding diaryl/α,β-unsaturated/α-hetero) is 1. The number of hydrogen-bond acceptors (Lipinski definition) is 6. The summed E-state index contributed by atoms with van der Waals surface area (Å²) in [6.07, 6.45) is 7.65. The Morgan fingerprint density at radius 2 is 1.27 bits per heavy atom. The van der Waals surface area contributed by atoms with Gasteiger partial charge in [-0.1, -0.05) is 39.5 Å². The van der Waals surface area contributed by atoms with Crippen LogP contribution in [0.15, 0.2) is 0 Å². The molecule has 178 valence electrons. The average molecular weight is 432 g/mol. The van der Waals surface area contributed by atoms with Gasteiger partial charge in [-0.05, 0) is 26.7 Å². The van der Waals surface area contributed by atoms with Crippen molar-refractivity contribution in [3.63, 3.8) is 0 Å².